The third kappa shape index (κ3) is 5.89. The van der Waals surface area contributed by atoms with Crippen LogP contribution in [-0.4, -0.2) is 23.6 Å². The Bertz CT molecular complexity index is 380. The molecule has 20 heavy (non-hydrogen) atoms. The Morgan fingerprint density at radius 3 is 2.45 bits per heavy atom. The first-order valence-corrected chi connectivity index (χ1v) is 7.91. The van der Waals surface area contributed by atoms with E-state index in [9.17, 15) is 9.90 Å². The molecule has 0 atom stereocenters. The number of nitrogens with zero attached hydrogens (tertiary/aromatic N) is 1. The van der Waals surface area contributed by atoms with Crippen LogP contribution >= 0.6 is 0 Å². The highest BCUT2D eigenvalue weighted by atomic mass is 16.3. The van der Waals surface area contributed by atoms with Crippen LogP contribution in [0.1, 0.15) is 72.1 Å². The summed E-state index contributed by atoms with van der Waals surface area (Å²) in [6.07, 6.45) is 10.1. The molecule has 0 fully saturated rings. The third-order valence-electron chi connectivity index (χ3n) is 3.76. The van der Waals surface area contributed by atoms with Crippen LogP contribution in [0.4, 0.5) is 0 Å². The lowest BCUT2D eigenvalue weighted by molar-refractivity contribution is -0.117. The molecule has 0 aromatic carbocycles. The van der Waals surface area contributed by atoms with Crippen LogP contribution in [0.15, 0.2) is 16.3 Å². The molecule has 1 aliphatic carbocycles. The van der Waals surface area contributed by atoms with Crippen LogP contribution < -0.4 is 0 Å². The molecule has 0 unspecified atom stereocenters. The van der Waals surface area contributed by atoms with Gasteiger partial charge in [-0.3, -0.25) is 9.79 Å². The van der Waals surface area contributed by atoms with Crippen molar-refractivity contribution < 1.29 is 9.90 Å². The van der Waals surface area contributed by atoms with E-state index in [0.717, 1.165) is 13.0 Å². The average Bonchev–Trinajstić information content (AvgIpc) is 2.34. The highest BCUT2D eigenvalue weighted by Crippen LogP contribution is 2.35. The van der Waals surface area contributed by atoms with E-state index in [2.05, 4.69) is 11.9 Å². The van der Waals surface area contributed by atoms with Crippen molar-refractivity contribution in [1.82, 2.24) is 0 Å². The van der Waals surface area contributed by atoms with E-state index in [0.29, 0.717) is 18.4 Å². The zero-order valence-corrected chi connectivity index (χ0v) is 13.2. The number of rotatable bonds is 8. The van der Waals surface area contributed by atoms with Gasteiger partial charge < -0.3 is 5.11 Å². The van der Waals surface area contributed by atoms with E-state index in [1.165, 1.54) is 32.1 Å². The molecule has 1 rings (SSSR count). The van der Waals surface area contributed by atoms with Gasteiger partial charge in [0.25, 0.3) is 0 Å². The summed E-state index contributed by atoms with van der Waals surface area (Å²) >= 11 is 0. The van der Waals surface area contributed by atoms with Crippen LogP contribution in [0.25, 0.3) is 0 Å². The summed E-state index contributed by atoms with van der Waals surface area (Å²) < 4.78 is 0. The lowest BCUT2D eigenvalue weighted by Crippen LogP contribution is -2.26. The van der Waals surface area contributed by atoms with Gasteiger partial charge in [0.15, 0.2) is 5.78 Å². The fourth-order valence-electron chi connectivity index (χ4n) is 2.59. The van der Waals surface area contributed by atoms with Gasteiger partial charge in [-0.2, -0.15) is 0 Å². The highest BCUT2D eigenvalue weighted by molar-refractivity contribution is 6.14. The van der Waals surface area contributed by atoms with Gasteiger partial charge in [-0.05, 0) is 11.8 Å². The van der Waals surface area contributed by atoms with Crippen molar-refractivity contribution in [3.63, 3.8) is 0 Å². The minimum Gasteiger partial charge on any atom is -0.511 e. The monoisotopic (exact) mass is 279 g/mol. The summed E-state index contributed by atoms with van der Waals surface area (Å²) in [5.74, 6) is 0.225. The Hall–Kier alpha value is -1.12. The molecule has 1 aliphatic rings. The summed E-state index contributed by atoms with van der Waals surface area (Å²) in [4.78, 5) is 16.2. The number of aliphatic hydroxyl groups is 1. The zero-order valence-electron chi connectivity index (χ0n) is 13.2. The number of unbranched alkanes of at least 4 members (excludes halogenated alkanes) is 5. The van der Waals surface area contributed by atoms with Crippen LogP contribution in [0, 0.1) is 5.41 Å². The smallest absolute Gasteiger partial charge is 0.168 e. The standard InChI is InChI=1S/C17H29NO2/c1-4-5-6-7-8-9-10-18-13-14-15(19)11-17(2,3)12-16(14)20/h13,19H,4-12H2,1-3H3. The highest BCUT2D eigenvalue weighted by Gasteiger charge is 2.32. The van der Waals surface area contributed by atoms with Crippen molar-refractivity contribution in [1.29, 1.82) is 0 Å². The van der Waals surface area contributed by atoms with Crippen molar-refractivity contribution in [2.45, 2.75) is 72.1 Å². The van der Waals surface area contributed by atoms with E-state index in [1.807, 2.05) is 13.8 Å². The second kappa shape index (κ2) is 8.23. The predicted molar refractivity (Wildman–Crippen MR) is 84.4 cm³/mol. The number of Topliss-reactive ketones (excluding diaryl/α,β-unsaturated/α-hetero) is 1. The van der Waals surface area contributed by atoms with E-state index in [4.69, 9.17) is 0 Å². The number of aliphatic hydroxyl groups excluding tert-OH is 1. The molecule has 0 radical (unpaired) electrons. The van der Waals surface area contributed by atoms with E-state index >= 15 is 0 Å². The van der Waals surface area contributed by atoms with Crippen molar-refractivity contribution in [2.75, 3.05) is 6.54 Å². The van der Waals surface area contributed by atoms with Gasteiger partial charge in [0.05, 0.1) is 5.57 Å². The third-order valence-corrected chi connectivity index (χ3v) is 3.76. The molecule has 1 N–H and O–H groups in total. The predicted octanol–water partition coefficient (Wildman–Crippen LogP) is 4.62. The molecule has 0 heterocycles. The lowest BCUT2D eigenvalue weighted by atomic mass is 9.77. The summed E-state index contributed by atoms with van der Waals surface area (Å²) in [6, 6.07) is 0. The molecule has 114 valence electrons. The van der Waals surface area contributed by atoms with Crippen molar-refractivity contribution in [3.8, 4) is 0 Å². The number of ketones is 1. The fourth-order valence-corrected chi connectivity index (χ4v) is 2.59. The Morgan fingerprint density at radius 1 is 1.15 bits per heavy atom. The molecule has 0 bridgehead atoms. The molecule has 0 aliphatic heterocycles. The average molecular weight is 279 g/mol. The van der Waals surface area contributed by atoms with Crippen LogP contribution in [-0.2, 0) is 4.79 Å². The van der Waals surface area contributed by atoms with Crippen LogP contribution in [0.5, 0.6) is 0 Å². The van der Waals surface area contributed by atoms with E-state index < -0.39 is 0 Å². The molecule has 0 spiro atoms. The maximum Gasteiger partial charge on any atom is 0.168 e. The quantitative estimate of drug-likeness (QED) is 0.520. The number of hydrogen-bond acceptors (Lipinski definition) is 3. The minimum atomic E-state index is -0.127. The zero-order chi connectivity index (χ0) is 15.0. The minimum absolute atomic E-state index is 0.0189. The van der Waals surface area contributed by atoms with Gasteiger partial charge in [0, 0.05) is 25.6 Å². The molecule has 0 aromatic heterocycles. The maximum atomic E-state index is 11.9. The topological polar surface area (TPSA) is 49.7 Å². The van der Waals surface area contributed by atoms with Gasteiger partial charge >= 0.3 is 0 Å². The summed E-state index contributed by atoms with van der Waals surface area (Å²) in [6.45, 7) is 6.98. The summed E-state index contributed by atoms with van der Waals surface area (Å²) in [5, 5.41) is 9.94. The Balaban J connectivity index is 2.33. The Labute approximate surface area is 123 Å². The van der Waals surface area contributed by atoms with Gasteiger partial charge in [-0.15, -0.1) is 0 Å². The lowest BCUT2D eigenvalue weighted by Gasteiger charge is -2.28. The second-order valence-electron chi connectivity index (χ2n) is 6.60. The maximum absolute atomic E-state index is 11.9. The normalized spacial score (nSPS) is 19.1. The molecule has 0 amide bonds. The van der Waals surface area contributed by atoms with Crippen LogP contribution in [0.2, 0.25) is 0 Å². The summed E-state index contributed by atoms with van der Waals surface area (Å²) in [5.41, 5.74) is 0.299. The molecular weight excluding hydrogens is 250 g/mol. The number of carbonyl (C=O) groups is 1. The van der Waals surface area contributed by atoms with Gasteiger partial charge in [0.2, 0.25) is 0 Å². The summed E-state index contributed by atoms with van der Waals surface area (Å²) in [7, 11) is 0. The molecule has 3 nitrogen and oxygen atoms in total. The van der Waals surface area contributed by atoms with Crippen LogP contribution in [0.3, 0.4) is 0 Å². The first-order valence-electron chi connectivity index (χ1n) is 7.91. The van der Waals surface area contributed by atoms with Gasteiger partial charge in [0.1, 0.15) is 5.76 Å². The van der Waals surface area contributed by atoms with E-state index in [1.54, 1.807) is 6.21 Å². The first kappa shape index (κ1) is 16.9. The first-order chi connectivity index (χ1) is 9.46. The van der Waals surface area contributed by atoms with Crippen molar-refractivity contribution >= 4 is 12.0 Å². The largest absolute Gasteiger partial charge is 0.511 e. The number of allylic oxidation sites excluding steroid dienone is 2. The SMILES string of the molecule is CCCCCCCCN=CC1=C(O)CC(C)(C)CC1=O. The van der Waals surface area contributed by atoms with Gasteiger partial charge in [-0.25, -0.2) is 0 Å². The number of aliphatic imine (C=N–C) groups is 1. The number of carbonyl (C=O) groups excluding carboxylic acids is 1. The fraction of sp³-hybridized carbons (Fsp3) is 0.765. The molecule has 0 saturated carbocycles. The molecular formula is C17H29NO2. The molecule has 0 aromatic rings. The molecule has 3 heteroatoms. The van der Waals surface area contributed by atoms with Crippen molar-refractivity contribution in [2.24, 2.45) is 10.4 Å². The number of hydrogen-bond donors (Lipinski definition) is 1. The Morgan fingerprint density at radius 2 is 1.80 bits per heavy atom. The van der Waals surface area contributed by atoms with Gasteiger partial charge in [-0.1, -0.05) is 52.9 Å². The van der Waals surface area contributed by atoms with Crippen molar-refractivity contribution in [3.05, 3.63) is 11.3 Å². The molecule has 0 saturated heterocycles. The Kier molecular flexibility index (Phi) is 6.97. The second-order valence-corrected chi connectivity index (χ2v) is 6.60. The van der Waals surface area contributed by atoms with E-state index in [-0.39, 0.29) is 17.0 Å².